The maximum Gasteiger partial charge on any atom is 0.255 e. The third-order valence-corrected chi connectivity index (χ3v) is 7.56. The number of anilines is 1. The molecule has 0 radical (unpaired) electrons. The first-order valence-corrected chi connectivity index (χ1v) is 12.1. The second-order valence-corrected chi connectivity index (χ2v) is 10.00. The van der Waals surface area contributed by atoms with Crippen molar-refractivity contribution in [2.45, 2.75) is 31.6 Å². The van der Waals surface area contributed by atoms with Gasteiger partial charge < -0.3 is 10.6 Å². The van der Waals surface area contributed by atoms with Gasteiger partial charge in [-0.1, -0.05) is 31.2 Å². The molecule has 8 heteroatoms. The Morgan fingerprint density at radius 1 is 1.09 bits per heavy atom. The number of sulfonamides is 1. The van der Waals surface area contributed by atoms with Crippen molar-refractivity contribution in [1.82, 2.24) is 9.62 Å². The van der Waals surface area contributed by atoms with Gasteiger partial charge in [0.15, 0.2) is 0 Å². The van der Waals surface area contributed by atoms with Crippen LogP contribution < -0.4 is 10.6 Å². The Morgan fingerprint density at radius 3 is 2.47 bits per heavy atom. The highest BCUT2D eigenvalue weighted by Gasteiger charge is 2.29. The van der Waals surface area contributed by atoms with Gasteiger partial charge in [-0.15, -0.1) is 6.58 Å². The minimum atomic E-state index is -3.68. The zero-order valence-corrected chi connectivity index (χ0v) is 19.2. The second kappa shape index (κ2) is 10.1. The van der Waals surface area contributed by atoms with E-state index in [0.717, 1.165) is 12.8 Å². The van der Waals surface area contributed by atoms with Crippen molar-refractivity contribution in [2.24, 2.45) is 5.92 Å². The Bertz CT molecular complexity index is 1120. The third-order valence-electron chi connectivity index (χ3n) is 5.66. The number of para-hydroxylation sites is 1. The van der Waals surface area contributed by atoms with Crippen LogP contribution in [0.25, 0.3) is 0 Å². The van der Waals surface area contributed by atoms with E-state index in [-0.39, 0.29) is 16.4 Å². The molecular formula is C24H29N3O4S. The van der Waals surface area contributed by atoms with Crippen molar-refractivity contribution in [3.05, 3.63) is 71.8 Å². The SMILES string of the molecule is C=CCNC(=O)c1ccccc1NC(=O)c1cc(S(=O)(=O)N2CCC(C)CC2)ccc1C. The van der Waals surface area contributed by atoms with E-state index in [1.807, 2.05) is 0 Å². The van der Waals surface area contributed by atoms with Crippen LogP contribution in [0.15, 0.2) is 60.0 Å². The van der Waals surface area contributed by atoms with E-state index in [9.17, 15) is 18.0 Å². The third kappa shape index (κ3) is 5.26. The van der Waals surface area contributed by atoms with Gasteiger partial charge in [-0.2, -0.15) is 4.31 Å². The predicted octanol–water partition coefficient (Wildman–Crippen LogP) is 3.58. The van der Waals surface area contributed by atoms with Crippen molar-refractivity contribution in [1.29, 1.82) is 0 Å². The minimum absolute atomic E-state index is 0.0971. The number of benzene rings is 2. The molecule has 0 atom stereocenters. The fourth-order valence-corrected chi connectivity index (χ4v) is 5.12. The van der Waals surface area contributed by atoms with Crippen LogP contribution in [0.4, 0.5) is 5.69 Å². The summed E-state index contributed by atoms with van der Waals surface area (Å²) >= 11 is 0. The van der Waals surface area contributed by atoms with E-state index in [2.05, 4.69) is 24.1 Å². The summed E-state index contributed by atoms with van der Waals surface area (Å²) in [4.78, 5) is 25.5. The van der Waals surface area contributed by atoms with E-state index in [1.54, 1.807) is 43.3 Å². The molecule has 0 saturated carbocycles. The molecular weight excluding hydrogens is 426 g/mol. The maximum atomic E-state index is 13.1. The van der Waals surface area contributed by atoms with Crippen LogP contribution in [-0.2, 0) is 10.0 Å². The molecule has 2 aromatic carbocycles. The number of aryl methyl sites for hydroxylation is 1. The summed E-state index contributed by atoms with van der Waals surface area (Å²) in [5.41, 5.74) is 1.54. The van der Waals surface area contributed by atoms with Crippen LogP contribution in [0.1, 0.15) is 46.0 Å². The number of carbonyl (C=O) groups excluding carboxylic acids is 2. The van der Waals surface area contributed by atoms with Gasteiger partial charge in [-0.25, -0.2) is 8.42 Å². The molecule has 1 aliphatic rings. The normalized spacial score (nSPS) is 15.2. The number of carbonyl (C=O) groups is 2. The summed E-state index contributed by atoms with van der Waals surface area (Å²) in [7, 11) is -3.68. The molecule has 2 amide bonds. The molecule has 0 unspecified atom stereocenters. The lowest BCUT2D eigenvalue weighted by Gasteiger charge is -2.29. The largest absolute Gasteiger partial charge is 0.349 e. The molecule has 1 saturated heterocycles. The highest BCUT2D eigenvalue weighted by atomic mass is 32.2. The number of rotatable bonds is 7. The van der Waals surface area contributed by atoms with Crippen molar-refractivity contribution in [3.8, 4) is 0 Å². The Hall–Kier alpha value is -2.97. The van der Waals surface area contributed by atoms with Crippen LogP contribution >= 0.6 is 0 Å². The van der Waals surface area contributed by atoms with E-state index >= 15 is 0 Å². The first-order valence-electron chi connectivity index (χ1n) is 10.6. The smallest absolute Gasteiger partial charge is 0.255 e. The topological polar surface area (TPSA) is 95.6 Å². The fraction of sp³-hybridized carbons (Fsp3) is 0.333. The quantitative estimate of drug-likeness (QED) is 0.624. The summed E-state index contributed by atoms with van der Waals surface area (Å²) in [5.74, 6) is -0.312. The molecule has 170 valence electrons. The van der Waals surface area contributed by atoms with Gasteiger partial charge in [0.2, 0.25) is 10.0 Å². The molecule has 3 rings (SSSR count). The van der Waals surface area contributed by atoms with Crippen molar-refractivity contribution < 1.29 is 18.0 Å². The van der Waals surface area contributed by atoms with Gasteiger partial charge in [-0.05, 0) is 55.5 Å². The standard InChI is InChI=1S/C24H29N3O4S/c1-4-13-25-23(28)20-7-5-6-8-22(20)26-24(29)21-16-19(10-9-18(21)3)32(30,31)27-14-11-17(2)12-15-27/h4-10,16-17H,1,11-15H2,2-3H3,(H,25,28)(H,26,29). The number of piperidine rings is 1. The molecule has 1 heterocycles. The molecule has 0 spiro atoms. The molecule has 32 heavy (non-hydrogen) atoms. The van der Waals surface area contributed by atoms with Gasteiger partial charge in [-0.3, -0.25) is 9.59 Å². The van der Waals surface area contributed by atoms with E-state index in [0.29, 0.717) is 42.4 Å². The molecule has 0 bridgehead atoms. The molecule has 2 aromatic rings. The zero-order valence-electron chi connectivity index (χ0n) is 18.4. The van der Waals surface area contributed by atoms with Crippen LogP contribution in [0.2, 0.25) is 0 Å². The first kappa shape index (κ1) is 23.7. The Kier molecular flexibility index (Phi) is 7.48. The van der Waals surface area contributed by atoms with Crippen LogP contribution in [0.5, 0.6) is 0 Å². The Labute approximate surface area is 189 Å². The Balaban J connectivity index is 1.86. The number of nitrogens with one attached hydrogen (secondary N) is 2. The van der Waals surface area contributed by atoms with E-state index in [1.165, 1.54) is 16.4 Å². The first-order chi connectivity index (χ1) is 15.2. The molecule has 2 N–H and O–H groups in total. The van der Waals surface area contributed by atoms with Gasteiger partial charge >= 0.3 is 0 Å². The summed E-state index contributed by atoms with van der Waals surface area (Å²) in [6.07, 6.45) is 3.21. The number of nitrogens with zero attached hydrogens (tertiary/aromatic N) is 1. The molecule has 0 aromatic heterocycles. The summed E-state index contributed by atoms with van der Waals surface area (Å²) < 4.78 is 27.7. The second-order valence-electron chi connectivity index (χ2n) is 8.06. The number of amides is 2. The van der Waals surface area contributed by atoms with Crippen LogP contribution in [0.3, 0.4) is 0 Å². The lowest BCUT2D eigenvalue weighted by atomic mass is 10.0. The maximum absolute atomic E-state index is 13.1. The van der Waals surface area contributed by atoms with Crippen LogP contribution in [-0.4, -0.2) is 44.2 Å². The van der Waals surface area contributed by atoms with Gasteiger partial charge in [0.1, 0.15) is 0 Å². The molecule has 1 fully saturated rings. The fourth-order valence-electron chi connectivity index (χ4n) is 3.62. The van der Waals surface area contributed by atoms with Gasteiger partial charge in [0, 0.05) is 25.2 Å². The lowest BCUT2D eigenvalue weighted by Crippen LogP contribution is -2.38. The van der Waals surface area contributed by atoms with Crippen molar-refractivity contribution >= 4 is 27.5 Å². The monoisotopic (exact) mass is 455 g/mol. The van der Waals surface area contributed by atoms with Crippen molar-refractivity contribution in [2.75, 3.05) is 25.0 Å². The van der Waals surface area contributed by atoms with E-state index < -0.39 is 15.9 Å². The molecule has 7 nitrogen and oxygen atoms in total. The summed E-state index contributed by atoms with van der Waals surface area (Å²) in [6, 6.07) is 11.2. The number of hydrogen-bond donors (Lipinski definition) is 2. The Morgan fingerprint density at radius 2 is 1.78 bits per heavy atom. The summed E-state index contributed by atoms with van der Waals surface area (Å²) in [6.45, 7) is 8.70. The number of hydrogen-bond acceptors (Lipinski definition) is 4. The van der Waals surface area contributed by atoms with Crippen LogP contribution in [0, 0.1) is 12.8 Å². The minimum Gasteiger partial charge on any atom is -0.349 e. The molecule has 1 aliphatic heterocycles. The predicted molar refractivity (Wildman–Crippen MR) is 125 cm³/mol. The van der Waals surface area contributed by atoms with Gasteiger partial charge in [0.25, 0.3) is 11.8 Å². The van der Waals surface area contributed by atoms with Crippen molar-refractivity contribution in [3.63, 3.8) is 0 Å². The average molecular weight is 456 g/mol. The average Bonchev–Trinajstić information content (AvgIpc) is 2.78. The lowest BCUT2D eigenvalue weighted by molar-refractivity contribution is 0.0959. The zero-order chi connectivity index (χ0) is 23.3. The highest BCUT2D eigenvalue weighted by molar-refractivity contribution is 7.89. The highest BCUT2D eigenvalue weighted by Crippen LogP contribution is 2.25. The summed E-state index contributed by atoms with van der Waals surface area (Å²) in [5, 5.41) is 5.44. The van der Waals surface area contributed by atoms with Gasteiger partial charge in [0.05, 0.1) is 16.1 Å². The molecule has 0 aliphatic carbocycles. The van der Waals surface area contributed by atoms with E-state index in [4.69, 9.17) is 0 Å².